The number of aromatic nitrogens is 4. The van der Waals surface area contributed by atoms with Gasteiger partial charge >= 0.3 is 12.5 Å². The highest BCUT2D eigenvalue weighted by molar-refractivity contribution is 5.92. The molecule has 41 heavy (non-hydrogen) atoms. The minimum atomic E-state index is -4.64. The smallest absolute Gasteiger partial charge is 0.369 e. The zero-order chi connectivity index (χ0) is 29.6. The van der Waals surface area contributed by atoms with E-state index in [1.54, 1.807) is 37.5 Å². The van der Waals surface area contributed by atoms with Crippen molar-refractivity contribution in [1.82, 2.24) is 24.8 Å². The number of benzene rings is 1. The van der Waals surface area contributed by atoms with E-state index in [1.165, 1.54) is 36.5 Å². The van der Waals surface area contributed by atoms with Crippen molar-refractivity contribution in [2.45, 2.75) is 32.6 Å². The normalized spacial score (nSPS) is 12.7. The van der Waals surface area contributed by atoms with Crippen LogP contribution in [-0.2, 0) is 24.1 Å². The predicted octanol–water partition coefficient (Wildman–Crippen LogP) is 7.10. The van der Waals surface area contributed by atoms with Crippen LogP contribution in [0.25, 0.3) is 22.2 Å². The maximum absolute atomic E-state index is 13.7. The first-order valence-corrected chi connectivity index (χ1v) is 12.2. The van der Waals surface area contributed by atoms with E-state index in [4.69, 9.17) is 4.74 Å². The van der Waals surface area contributed by atoms with Gasteiger partial charge in [0.15, 0.2) is 5.82 Å². The third-order valence-electron chi connectivity index (χ3n) is 5.72. The lowest BCUT2D eigenvalue weighted by molar-refractivity contribution is -0.219. The maximum Gasteiger partial charge on any atom is 0.484 e. The first-order chi connectivity index (χ1) is 19.5. The fourth-order valence-corrected chi connectivity index (χ4v) is 3.80. The number of anilines is 1. The minimum Gasteiger partial charge on any atom is -0.369 e. The Bertz CT molecular complexity index is 1550. The molecule has 0 aliphatic heterocycles. The van der Waals surface area contributed by atoms with Crippen LogP contribution in [0, 0.1) is 0 Å². The number of rotatable bonds is 9. The number of fused-ring (bicyclic) bond motifs is 1. The Morgan fingerprint density at radius 1 is 0.976 bits per heavy atom. The molecule has 0 atom stereocenters. The fraction of sp³-hybridized carbons (Fsp3) is 0.214. The van der Waals surface area contributed by atoms with Crippen molar-refractivity contribution in [3.63, 3.8) is 0 Å². The summed E-state index contributed by atoms with van der Waals surface area (Å²) in [6, 6.07) is 9.99. The Balaban J connectivity index is 1.77. The van der Waals surface area contributed by atoms with E-state index in [0.29, 0.717) is 5.39 Å². The van der Waals surface area contributed by atoms with E-state index < -0.39 is 18.0 Å². The van der Waals surface area contributed by atoms with Gasteiger partial charge in [0.2, 0.25) is 0 Å². The first kappa shape index (κ1) is 29.5. The molecule has 0 saturated carbocycles. The summed E-state index contributed by atoms with van der Waals surface area (Å²) in [5.41, 5.74) is 0.0897. The number of hydrogen-bond acceptors (Lipinski definition) is 7. The molecule has 4 rings (SSSR count). The van der Waals surface area contributed by atoms with Gasteiger partial charge in [-0.3, -0.25) is 14.9 Å². The average Bonchev–Trinajstić information content (AvgIpc) is 2.92. The Morgan fingerprint density at radius 3 is 2.41 bits per heavy atom. The molecule has 0 aliphatic carbocycles. The lowest BCUT2D eigenvalue weighted by Gasteiger charge is -2.20. The van der Waals surface area contributed by atoms with Crippen molar-refractivity contribution in [2.75, 3.05) is 12.4 Å². The van der Waals surface area contributed by atoms with Gasteiger partial charge in [-0.25, -0.2) is 9.97 Å². The summed E-state index contributed by atoms with van der Waals surface area (Å²) in [6.07, 6.45) is -0.974. The summed E-state index contributed by atoms with van der Waals surface area (Å²) in [5.74, 6) is 0.299. The quantitative estimate of drug-likeness (QED) is 0.130. The van der Waals surface area contributed by atoms with Crippen molar-refractivity contribution < 1.29 is 31.1 Å². The van der Waals surface area contributed by atoms with E-state index >= 15 is 0 Å². The molecule has 4 aromatic rings. The fourth-order valence-electron chi connectivity index (χ4n) is 3.80. The van der Waals surface area contributed by atoms with E-state index in [2.05, 4.69) is 25.3 Å². The second-order valence-electron chi connectivity index (χ2n) is 8.75. The third-order valence-corrected chi connectivity index (χ3v) is 5.72. The SMILES string of the molecule is C/C=C\C(=C/N(C)C(F)(F)F)Nc1nc(COCc2ccncc2)nc2cc(-c3ncccc3C(F)(F)F)ccc12. The van der Waals surface area contributed by atoms with Crippen LogP contribution >= 0.6 is 0 Å². The van der Waals surface area contributed by atoms with E-state index in [1.807, 2.05) is 0 Å². The zero-order valence-electron chi connectivity index (χ0n) is 21.8. The van der Waals surface area contributed by atoms with Gasteiger partial charge in [-0.2, -0.15) is 26.3 Å². The molecule has 0 aliphatic rings. The molecule has 0 bridgehead atoms. The summed E-state index contributed by atoms with van der Waals surface area (Å²) in [5, 5.41) is 3.25. The van der Waals surface area contributed by atoms with Gasteiger partial charge < -0.3 is 10.1 Å². The number of ether oxygens (including phenoxy) is 1. The average molecular weight is 575 g/mol. The summed E-state index contributed by atoms with van der Waals surface area (Å²) < 4.78 is 86.3. The number of nitrogens with one attached hydrogen (secondary N) is 1. The van der Waals surface area contributed by atoms with Gasteiger partial charge in [0.1, 0.15) is 12.4 Å². The van der Waals surface area contributed by atoms with E-state index in [9.17, 15) is 26.3 Å². The standard InChI is InChI=1S/C28H24F6N6O/c1-3-5-20(15-40(2)28(32,33)34)37-26-21-8-7-19(25-22(27(29,30)31)6-4-11-36-25)14-23(21)38-24(39-26)17-41-16-18-9-12-35-13-10-18/h3-15H,16-17H2,1-2H3,(H,37,38,39)/b5-3-,20-15+. The van der Waals surface area contributed by atoms with Crippen LogP contribution < -0.4 is 5.32 Å². The number of hydrogen-bond donors (Lipinski definition) is 1. The number of alkyl halides is 6. The summed E-state index contributed by atoms with van der Waals surface area (Å²) in [7, 11) is 0.860. The number of allylic oxidation sites excluding steroid dienone is 2. The topological polar surface area (TPSA) is 76.1 Å². The number of nitrogens with zero attached hydrogens (tertiary/aromatic N) is 5. The highest BCUT2D eigenvalue weighted by Crippen LogP contribution is 2.37. The Kier molecular flexibility index (Phi) is 8.86. The lowest BCUT2D eigenvalue weighted by atomic mass is 10.0. The van der Waals surface area contributed by atoms with Crippen LogP contribution in [0.4, 0.5) is 32.2 Å². The third kappa shape index (κ3) is 7.57. The largest absolute Gasteiger partial charge is 0.484 e. The Morgan fingerprint density at radius 2 is 1.73 bits per heavy atom. The molecule has 7 nitrogen and oxygen atoms in total. The van der Waals surface area contributed by atoms with Gasteiger partial charge in [0.25, 0.3) is 0 Å². The number of pyridine rings is 2. The summed E-state index contributed by atoms with van der Waals surface area (Å²) in [6.45, 7) is 1.76. The lowest BCUT2D eigenvalue weighted by Crippen LogP contribution is -2.30. The molecular formula is C28H24F6N6O. The molecule has 3 aromatic heterocycles. The molecule has 1 N–H and O–H groups in total. The maximum atomic E-state index is 13.7. The van der Waals surface area contributed by atoms with E-state index in [0.717, 1.165) is 24.9 Å². The highest BCUT2D eigenvalue weighted by atomic mass is 19.4. The van der Waals surface area contributed by atoms with Crippen LogP contribution in [0.5, 0.6) is 0 Å². The van der Waals surface area contributed by atoms with Crippen LogP contribution in [0.15, 0.2) is 85.1 Å². The highest BCUT2D eigenvalue weighted by Gasteiger charge is 2.34. The molecule has 13 heteroatoms. The van der Waals surface area contributed by atoms with Crippen LogP contribution in [0.3, 0.4) is 0 Å². The van der Waals surface area contributed by atoms with Crippen LogP contribution in [0.2, 0.25) is 0 Å². The van der Waals surface area contributed by atoms with Gasteiger partial charge in [-0.05, 0) is 55.0 Å². The predicted molar refractivity (Wildman–Crippen MR) is 141 cm³/mol. The van der Waals surface area contributed by atoms with Crippen molar-refractivity contribution in [2.24, 2.45) is 0 Å². The molecule has 0 amide bonds. The Labute approximate surface area is 231 Å². The molecule has 3 heterocycles. The minimum absolute atomic E-state index is 0.0594. The van der Waals surface area contributed by atoms with Gasteiger partial charge in [-0.1, -0.05) is 12.1 Å². The zero-order valence-corrected chi connectivity index (χ0v) is 21.8. The molecular weight excluding hydrogens is 550 g/mol. The summed E-state index contributed by atoms with van der Waals surface area (Å²) >= 11 is 0. The molecule has 0 unspecified atom stereocenters. The number of halogens is 6. The van der Waals surface area contributed by atoms with Crippen LogP contribution in [-0.4, -0.2) is 38.2 Å². The van der Waals surface area contributed by atoms with Crippen LogP contribution in [0.1, 0.15) is 23.9 Å². The van der Waals surface area contributed by atoms with Gasteiger partial charge in [0, 0.05) is 42.8 Å². The second kappa shape index (κ2) is 12.3. The van der Waals surface area contributed by atoms with Crippen molar-refractivity contribution in [1.29, 1.82) is 0 Å². The first-order valence-electron chi connectivity index (χ1n) is 12.2. The molecule has 214 valence electrons. The van der Waals surface area contributed by atoms with Crippen molar-refractivity contribution in [3.05, 3.63) is 102 Å². The van der Waals surface area contributed by atoms with E-state index in [-0.39, 0.29) is 52.2 Å². The van der Waals surface area contributed by atoms with Gasteiger partial charge in [0.05, 0.1) is 29.1 Å². The molecule has 0 radical (unpaired) electrons. The monoisotopic (exact) mass is 574 g/mol. The van der Waals surface area contributed by atoms with Gasteiger partial charge in [-0.15, -0.1) is 0 Å². The molecule has 1 aromatic carbocycles. The Hall–Kier alpha value is -4.52. The molecule has 0 fully saturated rings. The van der Waals surface area contributed by atoms with Crippen molar-refractivity contribution >= 4 is 16.7 Å². The second-order valence-corrected chi connectivity index (χ2v) is 8.75. The molecule has 0 saturated heterocycles. The van der Waals surface area contributed by atoms with Crippen molar-refractivity contribution in [3.8, 4) is 11.3 Å². The summed E-state index contributed by atoms with van der Waals surface area (Å²) in [4.78, 5) is 16.9. The molecule has 0 spiro atoms.